The number of halogens is 1. The lowest BCUT2D eigenvalue weighted by atomic mass is 10.2. The molecule has 0 spiro atoms. The lowest BCUT2D eigenvalue weighted by Crippen LogP contribution is -2.23. The number of carboxylic acid groups (broad SMARTS) is 1. The van der Waals surface area contributed by atoms with E-state index in [9.17, 15) is 9.90 Å². The normalized spacial score (nSPS) is 10.9. The summed E-state index contributed by atoms with van der Waals surface area (Å²) in [6, 6.07) is 17.2. The Labute approximate surface area is 143 Å². The fourth-order valence-corrected chi connectivity index (χ4v) is 2.38. The van der Waals surface area contributed by atoms with E-state index < -0.39 is 5.97 Å². The van der Waals surface area contributed by atoms with Crippen molar-refractivity contribution < 1.29 is 14.3 Å². The molecule has 6 heteroatoms. The van der Waals surface area contributed by atoms with Crippen LogP contribution in [0.15, 0.2) is 70.2 Å². The summed E-state index contributed by atoms with van der Waals surface area (Å²) in [5.74, 6) is -0.146. The Morgan fingerprint density at radius 1 is 1.08 bits per heavy atom. The topological polar surface area (TPSA) is 77.7 Å². The van der Waals surface area contributed by atoms with Crippen LogP contribution in [0.1, 0.15) is 16.1 Å². The molecule has 0 aliphatic heterocycles. The van der Waals surface area contributed by atoms with Crippen LogP contribution in [0.3, 0.4) is 0 Å². The average Bonchev–Trinajstić information content (AvgIpc) is 3.04. The van der Waals surface area contributed by atoms with Crippen LogP contribution >= 0.6 is 11.6 Å². The smallest absolute Gasteiger partial charge is 0.147 e. The highest BCUT2D eigenvalue weighted by Crippen LogP contribution is 2.28. The van der Waals surface area contributed by atoms with Gasteiger partial charge in [0.25, 0.3) is 0 Å². The molecule has 1 N–H and O–H groups in total. The van der Waals surface area contributed by atoms with Gasteiger partial charge in [-0.2, -0.15) is 5.10 Å². The molecule has 0 saturated carbocycles. The summed E-state index contributed by atoms with van der Waals surface area (Å²) in [4.78, 5) is 11.0. The first-order valence-electron chi connectivity index (χ1n) is 7.09. The lowest BCUT2D eigenvalue weighted by Gasteiger charge is -2.08. The van der Waals surface area contributed by atoms with Gasteiger partial charge in [0.2, 0.25) is 0 Å². The maximum Gasteiger partial charge on any atom is 0.147 e. The van der Waals surface area contributed by atoms with Crippen LogP contribution in [0.5, 0.6) is 0 Å². The van der Waals surface area contributed by atoms with Crippen LogP contribution in [0.2, 0.25) is 5.02 Å². The number of aromatic carboxylic acids is 1. The van der Waals surface area contributed by atoms with Crippen molar-refractivity contribution in [3.63, 3.8) is 0 Å². The number of nitrogens with zero attached hydrogens (tertiary/aromatic N) is 1. The highest BCUT2D eigenvalue weighted by molar-refractivity contribution is 6.33. The number of hydrogen-bond donors (Lipinski definition) is 1. The molecule has 3 aromatic rings. The van der Waals surface area contributed by atoms with E-state index in [1.165, 1.54) is 12.3 Å². The van der Waals surface area contributed by atoms with Gasteiger partial charge >= 0.3 is 0 Å². The van der Waals surface area contributed by atoms with Crippen LogP contribution in [-0.4, -0.2) is 12.2 Å². The van der Waals surface area contributed by atoms with Gasteiger partial charge < -0.3 is 14.3 Å². The number of carbonyl (C=O) groups is 1. The first-order chi connectivity index (χ1) is 11.6. The molecular weight excluding hydrogens is 328 g/mol. The second kappa shape index (κ2) is 7.02. The third-order valence-electron chi connectivity index (χ3n) is 3.29. The van der Waals surface area contributed by atoms with Crippen molar-refractivity contribution in [3.05, 3.63) is 77.0 Å². The van der Waals surface area contributed by atoms with Gasteiger partial charge in [0.05, 0.1) is 22.9 Å². The number of rotatable bonds is 5. The minimum atomic E-state index is -1.27. The minimum Gasteiger partial charge on any atom is -0.545 e. The molecule has 120 valence electrons. The Hall–Kier alpha value is -3.05. The van der Waals surface area contributed by atoms with Crippen molar-refractivity contribution >= 4 is 29.5 Å². The highest BCUT2D eigenvalue weighted by Gasteiger charge is 2.07. The van der Waals surface area contributed by atoms with Crippen molar-refractivity contribution in [1.29, 1.82) is 0 Å². The second-order valence-corrected chi connectivity index (χ2v) is 5.29. The summed E-state index contributed by atoms with van der Waals surface area (Å²) in [7, 11) is 0. The molecule has 0 atom stereocenters. The molecular formula is C18H12ClN2O3-. The van der Waals surface area contributed by atoms with Crippen molar-refractivity contribution in [2.24, 2.45) is 5.10 Å². The van der Waals surface area contributed by atoms with E-state index >= 15 is 0 Å². The molecule has 0 amide bonds. The first kappa shape index (κ1) is 15.8. The quantitative estimate of drug-likeness (QED) is 0.570. The van der Waals surface area contributed by atoms with E-state index in [2.05, 4.69) is 10.5 Å². The zero-order chi connectivity index (χ0) is 16.9. The maximum atomic E-state index is 11.0. The van der Waals surface area contributed by atoms with Crippen LogP contribution < -0.4 is 10.5 Å². The highest BCUT2D eigenvalue weighted by atomic mass is 35.5. The molecule has 0 bridgehead atoms. The Morgan fingerprint density at radius 3 is 2.62 bits per heavy atom. The predicted molar refractivity (Wildman–Crippen MR) is 91.1 cm³/mol. The number of para-hydroxylation sites is 1. The largest absolute Gasteiger partial charge is 0.545 e. The number of anilines is 1. The van der Waals surface area contributed by atoms with Crippen LogP contribution in [0.4, 0.5) is 5.69 Å². The number of nitrogens with one attached hydrogen (secondary N) is 1. The summed E-state index contributed by atoms with van der Waals surface area (Å²) in [6.07, 6.45) is 1.45. The van der Waals surface area contributed by atoms with Crippen LogP contribution in [0.25, 0.3) is 11.3 Å². The summed E-state index contributed by atoms with van der Waals surface area (Å²) in [6.45, 7) is 0. The van der Waals surface area contributed by atoms with Gasteiger partial charge in [0.15, 0.2) is 0 Å². The number of furan rings is 1. The molecule has 1 heterocycles. The predicted octanol–water partition coefficient (Wildman–Crippen LogP) is 3.41. The molecule has 24 heavy (non-hydrogen) atoms. The van der Waals surface area contributed by atoms with E-state index in [0.29, 0.717) is 22.2 Å². The van der Waals surface area contributed by atoms with Gasteiger partial charge in [0, 0.05) is 11.1 Å². The lowest BCUT2D eigenvalue weighted by molar-refractivity contribution is -0.254. The van der Waals surface area contributed by atoms with E-state index in [4.69, 9.17) is 16.0 Å². The van der Waals surface area contributed by atoms with Gasteiger partial charge in [0.1, 0.15) is 11.5 Å². The molecule has 0 radical (unpaired) electrons. The van der Waals surface area contributed by atoms with E-state index in [1.54, 1.807) is 36.4 Å². The number of carbonyl (C=O) groups excluding carboxylic acids is 1. The third kappa shape index (κ3) is 3.47. The Morgan fingerprint density at radius 2 is 1.83 bits per heavy atom. The molecule has 0 fully saturated rings. The number of hydrazone groups is 1. The third-order valence-corrected chi connectivity index (χ3v) is 3.62. The number of benzene rings is 2. The second-order valence-electron chi connectivity index (χ2n) is 4.88. The van der Waals surface area contributed by atoms with Crippen molar-refractivity contribution in [1.82, 2.24) is 0 Å². The zero-order valence-electron chi connectivity index (χ0n) is 12.4. The van der Waals surface area contributed by atoms with Crippen LogP contribution in [0, 0.1) is 0 Å². The van der Waals surface area contributed by atoms with Gasteiger partial charge in [-0.1, -0.05) is 41.9 Å². The number of carboxylic acids is 1. The Balaban J connectivity index is 1.75. The SMILES string of the molecule is O=C([O-])c1ccccc1N/N=C\c1ccc(-c2ccccc2Cl)o1. The minimum absolute atomic E-state index is 0.0332. The van der Waals surface area contributed by atoms with Gasteiger partial charge in [-0.05, 0) is 30.3 Å². The van der Waals surface area contributed by atoms with Crippen molar-refractivity contribution in [2.45, 2.75) is 0 Å². The molecule has 0 unspecified atom stereocenters. The fourth-order valence-electron chi connectivity index (χ4n) is 2.15. The Bertz CT molecular complexity index is 903. The van der Waals surface area contributed by atoms with Gasteiger partial charge in [-0.25, -0.2) is 0 Å². The summed E-state index contributed by atoms with van der Waals surface area (Å²) in [5, 5.41) is 15.6. The monoisotopic (exact) mass is 339 g/mol. The molecule has 1 aromatic heterocycles. The maximum absolute atomic E-state index is 11.0. The average molecular weight is 340 g/mol. The van der Waals surface area contributed by atoms with E-state index in [1.807, 2.05) is 18.2 Å². The van der Waals surface area contributed by atoms with E-state index in [-0.39, 0.29) is 5.56 Å². The molecule has 0 saturated heterocycles. The van der Waals surface area contributed by atoms with Gasteiger partial charge in [-0.15, -0.1) is 0 Å². The zero-order valence-corrected chi connectivity index (χ0v) is 13.2. The molecule has 3 rings (SSSR count). The molecule has 2 aromatic carbocycles. The molecule has 0 aliphatic carbocycles. The van der Waals surface area contributed by atoms with Crippen molar-refractivity contribution in [2.75, 3.05) is 5.43 Å². The summed E-state index contributed by atoms with van der Waals surface area (Å²) < 4.78 is 5.66. The standard InChI is InChI=1S/C18H13ClN2O3/c19-15-7-3-1-5-13(15)17-10-9-12(24-17)11-20-21-16-8-4-2-6-14(16)18(22)23/h1-11,21H,(H,22,23)/p-1/b20-11-. The first-order valence-corrected chi connectivity index (χ1v) is 7.47. The van der Waals surface area contributed by atoms with Crippen LogP contribution in [-0.2, 0) is 0 Å². The summed E-state index contributed by atoms with van der Waals surface area (Å²) in [5.41, 5.74) is 3.82. The molecule has 5 nitrogen and oxygen atoms in total. The van der Waals surface area contributed by atoms with E-state index in [0.717, 1.165) is 5.56 Å². The number of hydrogen-bond acceptors (Lipinski definition) is 5. The van der Waals surface area contributed by atoms with Gasteiger partial charge in [-0.3, -0.25) is 5.43 Å². The Kier molecular flexibility index (Phi) is 4.63. The summed E-state index contributed by atoms with van der Waals surface area (Å²) >= 11 is 6.13. The van der Waals surface area contributed by atoms with Crippen molar-refractivity contribution in [3.8, 4) is 11.3 Å². The molecule has 0 aliphatic rings. The fraction of sp³-hybridized carbons (Fsp3) is 0.